The summed E-state index contributed by atoms with van der Waals surface area (Å²) in [6, 6.07) is 18.3. The molecule has 0 aliphatic heterocycles. The molecule has 9 heteroatoms. The van der Waals surface area contributed by atoms with Gasteiger partial charge in [0.25, 0.3) is 11.5 Å². The van der Waals surface area contributed by atoms with E-state index in [9.17, 15) is 14.4 Å². The molecule has 0 bridgehead atoms. The van der Waals surface area contributed by atoms with Crippen LogP contribution in [-0.2, 0) is 6.54 Å². The van der Waals surface area contributed by atoms with Crippen LogP contribution in [0.2, 0.25) is 0 Å². The van der Waals surface area contributed by atoms with Crippen LogP contribution in [0.4, 0.5) is 11.5 Å². The van der Waals surface area contributed by atoms with E-state index in [2.05, 4.69) is 10.1 Å². The molecule has 0 unspecified atom stereocenters. The Morgan fingerprint density at radius 2 is 1.74 bits per heavy atom. The molecule has 0 aliphatic carbocycles. The molecule has 0 spiro atoms. The van der Waals surface area contributed by atoms with Crippen molar-refractivity contribution in [1.82, 2.24) is 19.3 Å². The third-order valence-corrected chi connectivity index (χ3v) is 5.73. The third kappa shape index (κ3) is 4.79. The molecule has 0 saturated carbocycles. The van der Waals surface area contributed by atoms with Gasteiger partial charge in [0.2, 0.25) is 0 Å². The molecule has 2 heterocycles. The van der Waals surface area contributed by atoms with Crippen LogP contribution < -0.4 is 21.9 Å². The first-order valence-corrected chi connectivity index (χ1v) is 11.4. The number of aromatic amines is 1. The molecule has 0 atom stereocenters. The van der Waals surface area contributed by atoms with E-state index in [0.29, 0.717) is 12.0 Å². The number of amides is 1. The monoisotopic (exact) mass is 472 g/mol. The number of nitrogen functional groups attached to an aromatic ring is 1. The summed E-state index contributed by atoms with van der Waals surface area (Å²) in [5.41, 5.74) is 8.92. The summed E-state index contributed by atoms with van der Waals surface area (Å²) in [6.45, 7) is 6.21. The average molecular weight is 473 g/mol. The maximum atomic E-state index is 13.5. The van der Waals surface area contributed by atoms with Crippen molar-refractivity contribution in [2.24, 2.45) is 0 Å². The van der Waals surface area contributed by atoms with Crippen molar-refractivity contribution in [1.29, 1.82) is 0 Å². The second kappa shape index (κ2) is 9.84. The molecular formula is C26H28N6O3. The van der Waals surface area contributed by atoms with Gasteiger partial charge in [0.1, 0.15) is 5.82 Å². The molecule has 9 nitrogen and oxygen atoms in total. The lowest BCUT2D eigenvalue weighted by atomic mass is 10.1. The zero-order valence-electron chi connectivity index (χ0n) is 20.0. The van der Waals surface area contributed by atoms with E-state index in [4.69, 9.17) is 5.73 Å². The summed E-state index contributed by atoms with van der Waals surface area (Å²) in [7, 11) is 0. The van der Waals surface area contributed by atoms with Gasteiger partial charge in [0.05, 0.1) is 17.9 Å². The van der Waals surface area contributed by atoms with Crippen LogP contribution in [0.5, 0.6) is 0 Å². The molecule has 0 fully saturated rings. The predicted octanol–water partition coefficient (Wildman–Crippen LogP) is 3.03. The van der Waals surface area contributed by atoms with Gasteiger partial charge in [-0.25, -0.2) is 9.48 Å². The van der Waals surface area contributed by atoms with Crippen LogP contribution in [0, 0.1) is 13.8 Å². The van der Waals surface area contributed by atoms with Crippen LogP contribution in [0.25, 0.3) is 5.69 Å². The van der Waals surface area contributed by atoms with E-state index in [1.165, 1.54) is 9.47 Å². The molecule has 180 valence electrons. The molecule has 0 saturated heterocycles. The number of carbonyl (C=O) groups excluding carboxylic acids is 1. The lowest BCUT2D eigenvalue weighted by Gasteiger charge is -2.24. The van der Waals surface area contributed by atoms with Gasteiger partial charge in [0.15, 0.2) is 5.69 Å². The van der Waals surface area contributed by atoms with E-state index in [1.54, 1.807) is 28.9 Å². The summed E-state index contributed by atoms with van der Waals surface area (Å²) in [5, 5.41) is 4.47. The molecule has 0 radical (unpaired) electrons. The van der Waals surface area contributed by atoms with Crippen LogP contribution >= 0.6 is 0 Å². The molecule has 2 aromatic carbocycles. The molecule has 35 heavy (non-hydrogen) atoms. The zero-order chi connectivity index (χ0) is 25.1. The summed E-state index contributed by atoms with van der Waals surface area (Å²) < 4.78 is 3.07. The Kier molecular flexibility index (Phi) is 6.68. The van der Waals surface area contributed by atoms with Crippen LogP contribution in [0.15, 0.2) is 70.3 Å². The fourth-order valence-electron chi connectivity index (χ4n) is 4.09. The van der Waals surface area contributed by atoms with Crippen molar-refractivity contribution in [2.45, 2.75) is 33.7 Å². The van der Waals surface area contributed by atoms with E-state index in [-0.39, 0.29) is 30.5 Å². The first-order valence-electron chi connectivity index (χ1n) is 11.4. The molecule has 4 aromatic rings. The highest BCUT2D eigenvalue weighted by Crippen LogP contribution is 2.22. The fourth-order valence-corrected chi connectivity index (χ4v) is 4.09. The normalized spacial score (nSPS) is 10.9. The topological polar surface area (TPSA) is 119 Å². The standard InChI is InChI=1S/C26H28N6O3/c1-4-14-30(25(34)20-10-12-21(13-11-20)32-18(3)15-17(2)29-32)22-23(27)31(26(35)28-24(22)33)16-19-8-6-5-7-9-19/h5-13,15H,4,14,16,27H2,1-3H3,(H,28,33,35). The maximum absolute atomic E-state index is 13.5. The number of H-pyrrole nitrogens is 1. The Morgan fingerprint density at radius 1 is 1.06 bits per heavy atom. The molecule has 3 N–H and O–H groups in total. The predicted molar refractivity (Wildman–Crippen MR) is 136 cm³/mol. The summed E-state index contributed by atoms with van der Waals surface area (Å²) in [5.74, 6) is -0.433. The number of nitrogens with one attached hydrogen (secondary N) is 1. The van der Waals surface area contributed by atoms with Crippen molar-refractivity contribution < 1.29 is 4.79 Å². The van der Waals surface area contributed by atoms with Crippen molar-refractivity contribution in [3.63, 3.8) is 0 Å². The van der Waals surface area contributed by atoms with Crippen LogP contribution in [-0.4, -0.2) is 31.8 Å². The van der Waals surface area contributed by atoms with Gasteiger partial charge in [-0.2, -0.15) is 5.10 Å². The number of hydrogen-bond acceptors (Lipinski definition) is 5. The second-order valence-electron chi connectivity index (χ2n) is 8.41. The molecular weight excluding hydrogens is 444 g/mol. The van der Waals surface area contributed by atoms with Crippen molar-refractivity contribution in [3.8, 4) is 5.69 Å². The quantitative estimate of drug-likeness (QED) is 0.429. The molecule has 1 amide bonds. The highest BCUT2D eigenvalue weighted by Gasteiger charge is 2.25. The molecule has 4 rings (SSSR count). The number of carbonyl (C=O) groups is 1. The third-order valence-electron chi connectivity index (χ3n) is 5.73. The Hall–Kier alpha value is -4.40. The van der Waals surface area contributed by atoms with E-state index >= 15 is 0 Å². The number of nitrogens with zero attached hydrogens (tertiary/aromatic N) is 4. The molecule has 0 aliphatic rings. The van der Waals surface area contributed by atoms with Gasteiger partial charge in [-0.3, -0.25) is 19.1 Å². The van der Waals surface area contributed by atoms with Gasteiger partial charge in [-0.15, -0.1) is 0 Å². The number of aryl methyl sites for hydroxylation is 2. The lowest BCUT2D eigenvalue weighted by Crippen LogP contribution is -2.41. The van der Waals surface area contributed by atoms with Gasteiger partial charge >= 0.3 is 5.69 Å². The number of hydrogen-bond donors (Lipinski definition) is 2. The number of anilines is 2. The highest BCUT2D eigenvalue weighted by atomic mass is 16.2. The largest absolute Gasteiger partial charge is 0.383 e. The van der Waals surface area contributed by atoms with E-state index < -0.39 is 11.2 Å². The van der Waals surface area contributed by atoms with Crippen molar-refractivity contribution in [2.75, 3.05) is 17.2 Å². The van der Waals surface area contributed by atoms with Crippen molar-refractivity contribution in [3.05, 3.63) is 104 Å². The number of benzene rings is 2. The Morgan fingerprint density at radius 3 is 2.34 bits per heavy atom. The average Bonchev–Trinajstić information content (AvgIpc) is 3.19. The van der Waals surface area contributed by atoms with Gasteiger partial charge in [-0.05, 0) is 56.2 Å². The summed E-state index contributed by atoms with van der Waals surface area (Å²) in [6.07, 6.45) is 0.590. The summed E-state index contributed by atoms with van der Waals surface area (Å²) in [4.78, 5) is 42.6. The van der Waals surface area contributed by atoms with Gasteiger partial charge < -0.3 is 10.6 Å². The minimum atomic E-state index is -0.696. The Labute approximate surface area is 202 Å². The maximum Gasteiger partial charge on any atom is 0.330 e. The number of nitrogens with two attached hydrogens (primary N) is 1. The molecule has 2 aromatic heterocycles. The minimum absolute atomic E-state index is 0.0324. The minimum Gasteiger partial charge on any atom is -0.383 e. The second-order valence-corrected chi connectivity index (χ2v) is 8.41. The SMILES string of the molecule is CCCN(C(=O)c1ccc(-n2nc(C)cc2C)cc1)c1c(N)n(Cc2ccccc2)c(=O)[nH]c1=O. The fraction of sp³-hybridized carbons (Fsp3) is 0.231. The first-order chi connectivity index (χ1) is 16.8. The van der Waals surface area contributed by atoms with Gasteiger partial charge in [-0.1, -0.05) is 37.3 Å². The summed E-state index contributed by atoms with van der Waals surface area (Å²) >= 11 is 0. The Balaban J connectivity index is 1.72. The number of rotatable bonds is 7. The smallest absolute Gasteiger partial charge is 0.330 e. The zero-order valence-corrected chi connectivity index (χ0v) is 20.0. The highest BCUT2D eigenvalue weighted by molar-refractivity contribution is 6.07. The van der Waals surface area contributed by atoms with Crippen LogP contribution in [0.1, 0.15) is 40.7 Å². The van der Waals surface area contributed by atoms with Gasteiger partial charge in [0, 0.05) is 17.8 Å². The van der Waals surface area contributed by atoms with E-state index in [0.717, 1.165) is 22.6 Å². The lowest BCUT2D eigenvalue weighted by molar-refractivity contribution is 0.0986. The first kappa shape index (κ1) is 23.7. The Bertz CT molecular complexity index is 1470. The van der Waals surface area contributed by atoms with Crippen molar-refractivity contribution >= 4 is 17.4 Å². The van der Waals surface area contributed by atoms with Crippen LogP contribution in [0.3, 0.4) is 0 Å². The number of aromatic nitrogens is 4. The van der Waals surface area contributed by atoms with E-state index in [1.807, 2.05) is 57.2 Å².